The first kappa shape index (κ1) is 19.7. The zero-order valence-corrected chi connectivity index (χ0v) is 14.9. The third-order valence-corrected chi connectivity index (χ3v) is 4.36. The number of hydrogen-bond acceptors (Lipinski definition) is 3. The van der Waals surface area contributed by atoms with Crippen LogP contribution in [0.5, 0.6) is 0 Å². The fraction of sp³-hybridized carbons (Fsp3) is 0.500. The van der Waals surface area contributed by atoms with Gasteiger partial charge in [0.25, 0.3) is 0 Å². The molecule has 0 saturated carbocycles. The Bertz CT molecular complexity index is 659. The highest BCUT2D eigenvalue weighted by molar-refractivity contribution is 5.85. The molecule has 1 aromatic carbocycles. The number of piperidine rings is 1. The van der Waals surface area contributed by atoms with Gasteiger partial charge in [-0.25, -0.2) is 4.98 Å². The van der Waals surface area contributed by atoms with Gasteiger partial charge >= 0.3 is 0 Å². The van der Waals surface area contributed by atoms with Crippen LogP contribution >= 0.6 is 24.8 Å². The van der Waals surface area contributed by atoms with Crippen LogP contribution in [-0.2, 0) is 11.3 Å². The van der Waals surface area contributed by atoms with E-state index in [0.29, 0.717) is 13.1 Å². The SMILES string of the molecule is Cc1nc2ccccc2n1CC(=O)N1CCCCC1CN.Cl.Cl. The first-order valence-electron chi connectivity index (χ1n) is 7.62. The third kappa shape index (κ3) is 3.97. The van der Waals surface area contributed by atoms with Gasteiger partial charge in [0.15, 0.2) is 0 Å². The molecule has 0 radical (unpaired) electrons. The summed E-state index contributed by atoms with van der Waals surface area (Å²) in [5.74, 6) is 1.03. The number of benzene rings is 1. The fourth-order valence-electron chi connectivity index (χ4n) is 3.20. The van der Waals surface area contributed by atoms with Crippen molar-refractivity contribution in [2.24, 2.45) is 5.73 Å². The van der Waals surface area contributed by atoms with E-state index < -0.39 is 0 Å². The normalized spacial score (nSPS) is 17.5. The Kier molecular flexibility index (Phi) is 7.32. The highest BCUT2D eigenvalue weighted by atomic mass is 35.5. The molecule has 1 unspecified atom stereocenters. The molecule has 1 fully saturated rings. The molecule has 1 aliphatic rings. The van der Waals surface area contributed by atoms with E-state index in [-0.39, 0.29) is 36.8 Å². The standard InChI is InChI=1S/C16H22N4O.2ClH/c1-12-18-14-7-2-3-8-15(14)20(12)11-16(21)19-9-5-4-6-13(19)10-17;;/h2-3,7-8,13H,4-6,9-11,17H2,1H3;2*1H. The van der Waals surface area contributed by atoms with Crippen LogP contribution < -0.4 is 5.73 Å². The van der Waals surface area contributed by atoms with Gasteiger partial charge in [0.2, 0.25) is 5.91 Å². The summed E-state index contributed by atoms with van der Waals surface area (Å²) in [5.41, 5.74) is 7.77. The minimum atomic E-state index is 0. The number of hydrogen-bond donors (Lipinski definition) is 1. The molecule has 5 nitrogen and oxygen atoms in total. The number of carbonyl (C=O) groups is 1. The highest BCUT2D eigenvalue weighted by Gasteiger charge is 2.26. The Morgan fingerprint density at radius 3 is 2.78 bits per heavy atom. The number of fused-ring (bicyclic) bond motifs is 1. The van der Waals surface area contributed by atoms with Crippen LogP contribution in [-0.4, -0.2) is 39.5 Å². The number of imidazole rings is 1. The summed E-state index contributed by atoms with van der Waals surface area (Å²) in [6.07, 6.45) is 3.26. The maximum Gasteiger partial charge on any atom is 0.242 e. The Balaban J connectivity index is 0.00000132. The molecule has 23 heavy (non-hydrogen) atoms. The van der Waals surface area contributed by atoms with Crippen molar-refractivity contribution in [3.8, 4) is 0 Å². The van der Waals surface area contributed by atoms with Crippen LogP contribution in [0.15, 0.2) is 24.3 Å². The Labute approximate surface area is 149 Å². The van der Waals surface area contributed by atoms with Crippen LogP contribution in [0.25, 0.3) is 11.0 Å². The van der Waals surface area contributed by atoms with Crippen LogP contribution in [0.1, 0.15) is 25.1 Å². The zero-order chi connectivity index (χ0) is 14.8. The average Bonchev–Trinajstić information content (AvgIpc) is 2.83. The highest BCUT2D eigenvalue weighted by Crippen LogP contribution is 2.19. The second-order valence-electron chi connectivity index (χ2n) is 5.71. The molecule has 2 heterocycles. The molecular formula is C16H24Cl2N4O. The molecule has 1 amide bonds. The third-order valence-electron chi connectivity index (χ3n) is 4.36. The van der Waals surface area contributed by atoms with Gasteiger partial charge in [-0.15, -0.1) is 24.8 Å². The molecule has 2 aromatic rings. The second kappa shape index (κ2) is 8.52. The van der Waals surface area contributed by atoms with E-state index in [2.05, 4.69) is 4.98 Å². The molecular weight excluding hydrogens is 335 g/mol. The van der Waals surface area contributed by atoms with Gasteiger partial charge in [-0.2, -0.15) is 0 Å². The summed E-state index contributed by atoms with van der Waals surface area (Å²) < 4.78 is 2.00. The lowest BCUT2D eigenvalue weighted by atomic mass is 10.0. The number of amides is 1. The summed E-state index contributed by atoms with van der Waals surface area (Å²) in [6, 6.07) is 8.14. The number of aryl methyl sites for hydroxylation is 1. The van der Waals surface area contributed by atoms with Crippen LogP contribution in [0.2, 0.25) is 0 Å². The van der Waals surface area contributed by atoms with E-state index in [9.17, 15) is 4.79 Å². The van der Waals surface area contributed by atoms with Crippen molar-refractivity contribution >= 4 is 41.8 Å². The maximum atomic E-state index is 12.7. The Morgan fingerprint density at radius 1 is 1.30 bits per heavy atom. The lowest BCUT2D eigenvalue weighted by Gasteiger charge is -2.35. The van der Waals surface area contributed by atoms with Crippen molar-refractivity contribution < 1.29 is 4.79 Å². The van der Waals surface area contributed by atoms with E-state index in [1.807, 2.05) is 40.7 Å². The maximum absolute atomic E-state index is 12.7. The fourth-order valence-corrected chi connectivity index (χ4v) is 3.20. The van der Waals surface area contributed by atoms with Gasteiger partial charge in [0, 0.05) is 19.1 Å². The Hall–Kier alpha value is -1.30. The van der Waals surface area contributed by atoms with Crippen molar-refractivity contribution in [2.45, 2.75) is 38.8 Å². The number of halogens is 2. The van der Waals surface area contributed by atoms with Gasteiger partial charge in [0.05, 0.1) is 11.0 Å². The lowest BCUT2D eigenvalue weighted by molar-refractivity contribution is -0.135. The van der Waals surface area contributed by atoms with E-state index in [1.165, 1.54) is 6.42 Å². The minimum absolute atomic E-state index is 0. The summed E-state index contributed by atoms with van der Waals surface area (Å²) in [5, 5.41) is 0. The first-order valence-corrected chi connectivity index (χ1v) is 7.62. The van der Waals surface area contributed by atoms with E-state index in [4.69, 9.17) is 5.73 Å². The molecule has 1 saturated heterocycles. The predicted octanol–water partition coefficient (Wildman–Crippen LogP) is 2.53. The quantitative estimate of drug-likeness (QED) is 0.916. The van der Waals surface area contributed by atoms with Crippen molar-refractivity contribution in [3.63, 3.8) is 0 Å². The van der Waals surface area contributed by atoms with E-state index in [0.717, 1.165) is 36.2 Å². The number of nitrogens with two attached hydrogens (primary N) is 1. The van der Waals surface area contributed by atoms with Crippen molar-refractivity contribution in [1.29, 1.82) is 0 Å². The number of aromatic nitrogens is 2. The van der Waals surface area contributed by atoms with Gasteiger partial charge in [-0.05, 0) is 38.3 Å². The van der Waals surface area contributed by atoms with Crippen LogP contribution in [0.3, 0.4) is 0 Å². The number of para-hydroxylation sites is 2. The molecule has 0 bridgehead atoms. The summed E-state index contributed by atoms with van der Waals surface area (Å²) in [7, 11) is 0. The molecule has 7 heteroatoms. The average molecular weight is 359 g/mol. The predicted molar refractivity (Wildman–Crippen MR) is 97.4 cm³/mol. The van der Waals surface area contributed by atoms with Gasteiger partial charge < -0.3 is 15.2 Å². The second-order valence-corrected chi connectivity index (χ2v) is 5.71. The molecule has 2 N–H and O–H groups in total. The molecule has 0 aliphatic carbocycles. The van der Waals surface area contributed by atoms with Crippen LogP contribution in [0.4, 0.5) is 0 Å². The number of rotatable bonds is 3. The summed E-state index contributed by atoms with van der Waals surface area (Å²) >= 11 is 0. The largest absolute Gasteiger partial charge is 0.337 e. The summed E-state index contributed by atoms with van der Waals surface area (Å²) in [4.78, 5) is 19.1. The van der Waals surface area contributed by atoms with Gasteiger partial charge in [-0.1, -0.05) is 12.1 Å². The van der Waals surface area contributed by atoms with Crippen LogP contribution in [0, 0.1) is 6.92 Å². The van der Waals surface area contributed by atoms with Gasteiger partial charge in [-0.3, -0.25) is 4.79 Å². The van der Waals surface area contributed by atoms with Crippen molar-refractivity contribution in [1.82, 2.24) is 14.5 Å². The molecule has 1 aromatic heterocycles. The number of nitrogens with zero attached hydrogens (tertiary/aromatic N) is 3. The minimum Gasteiger partial charge on any atom is -0.337 e. The zero-order valence-electron chi connectivity index (χ0n) is 13.3. The van der Waals surface area contributed by atoms with E-state index in [1.54, 1.807) is 0 Å². The monoisotopic (exact) mass is 358 g/mol. The smallest absolute Gasteiger partial charge is 0.242 e. The van der Waals surface area contributed by atoms with E-state index >= 15 is 0 Å². The van der Waals surface area contributed by atoms with Crippen molar-refractivity contribution in [3.05, 3.63) is 30.1 Å². The molecule has 3 rings (SSSR count). The summed E-state index contributed by atoms with van der Waals surface area (Å²) in [6.45, 7) is 3.68. The van der Waals surface area contributed by atoms with Gasteiger partial charge in [0.1, 0.15) is 12.4 Å². The van der Waals surface area contributed by atoms with Crippen molar-refractivity contribution in [2.75, 3.05) is 13.1 Å². The number of carbonyl (C=O) groups excluding carboxylic acids is 1. The molecule has 1 aliphatic heterocycles. The number of likely N-dealkylation sites (tertiary alicyclic amines) is 1. The molecule has 128 valence electrons. The Morgan fingerprint density at radius 2 is 2.04 bits per heavy atom. The lowest BCUT2D eigenvalue weighted by Crippen LogP contribution is -2.48. The molecule has 1 atom stereocenters. The molecule has 0 spiro atoms. The first-order chi connectivity index (χ1) is 10.2. The topological polar surface area (TPSA) is 64.2 Å².